The molecule has 0 aliphatic carbocycles. The Hall–Kier alpha value is -0.480. The molecular weight excluding hydrogens is 136 g/mol. The first-order valence-corrected chi connectivity index (χ1v) is 3.55. The quantitative estimate of drug-likeness (QED) is 0.627. The SMILES string of the molecule is COCCc1nncs1. The Balaban J connectivity index is 2.30. The van der Waals surface area contributed by atoms with Crippen LogP contribution < -0.4 is 0 Å². The highest BCUT2D eigenvalue weighted by Crippen LogP contribution is 2.00. The summed E-state index contributed by atoms with van der Waals surface area (Å²) in [5.41, 5.74) is 1.73. The molecule has 0 aliphatic heterocycles. The van der Waals surface area contributed by atoms with Crippen LogP contribution in [0, 0.1) is 0 Å². The molecule has 0 unspecified atom stereocenters. The van der Waals surface area contributed by atoms with E-state index in [1.807, 2.05) is 0 Å². The van der Waals surface area contributed by atoms with Crippen LogP contribution in [0.4, 0.5) is 0 Å². The van der Waals surface area contributed by atoms with E-state index in [9.17, 15) is 0 Å². The van der Waals surface area contributed by atoms with Crippen LogP contribution in [0.1, 0.15) is 5.01 Å². The highest BCUT2D eigenvalue weighted by Gasteiger charge is 1.93. The summed E-state index contributed by atoms with van der Waals surface area (Å²) in [6, 6.07) is 0. The predicted molar refractivity (Wildman–Crippen MR) is 35.5 cm³/mol. The van der Waals surface area contributed by atoms with Crippen molar-refractivity contribution in [3.63, 3.8) is 0 Å². The number of nitrogens with zero attached hydrogens (tertiary/aromatic N) is 2. The predicted octanol–water partition coefficient (Wildman–Crippen LogP) is 0.727. The molecule has 0 saturated carbocycles. The van der Waals surface area contributed by atoms with Gasteiger partial charge in [0.15, 0.2) is 0 Å². The molecule has 0 saturated heterocycles. The van der Waals surface area contributed by atoms with E-state index in [2.05, 4.69) is 10.2 Å². The highest BCUT2D eigenvalue weighted by molar-refractivity contribution is 7.09. The van der Waals surface area contributed by atoms with Gasteiger partial charge in [0.1, 0.15) is 10.5 Å². The molecule has 0 atom stereocenters. The van der Waals surface area contributed by atoms with E-state index >= 15 is 0 Å². The number of methoxy groups -OCH3 is 1. The first-order chi connectivity index (χ1) is 4.43. The van der Waals surface area contributed by atoms with Crippen molar-refractivity contribution in [2.45, 2.75) is 6.42 Å². The topological polar surface area (TPSA) is 35.0 Å². The van der Waals surface area contributed by atoms with Gasteiger partial charge in [0.25, 0.3) is 0 Å². The Bertz CT molecular complexity index is 152. The lowest BCUT2D eigenvalue weighted by Crippen LogP contribution is -1.92. The third-order valence-corrected chi connectivity index (χ3v) is 1.68. The normalized spacial score (nSPS) is 9.89. The first kappa shape index (κ1) is 6.64. The second-order valence-corrected chi connectivity index (χ2v) is 2.49. The number of rotatable bonds is 3. The van der Waals surface area contributed by atoms with Gasteiger partial charge in [-0.25, -0.2) is 0 Å². The van der Waals surface area contributed by atoms with E-state index in [1.165, 1.54) is 0 Å². The molecule has 1 aromatic heterocycles. The van der Waals surface area contributed by atoms with Crippen LogP contribution in [0.15, 0.2) is 5.51 Å². The summed E-state index contributed by atoms with van der Waals surface area (Å²) in [7, 11) is 1.68. The molecule has 0 spiro atoms. The fourth-order valence-electron chi connectivity index (χ4n) is 0.494. The van der Waals surface area contributed by atoms with Crippen molar-refractivity contribution in [3.05, 3.63) is 10.5 Å². The molecule has 0 fully saturated rings. The number of aromatic nitrogens is 2. The Morgan fingerprint density at radius 1 is 1.78 bits per heavy atom. The van der Waals surface area contributed by atoms with E-state index in [0.29, 0.717) is 0 Å². The third kappa shape index (κ3) is 2.07. The minimum atomic E-state index is 0.731. The molecule has 1 aromatic rings. The van der Waals surface area contributed by atoms with E-state index in [-0.39, 0.29) is 0 Å². The summed E-state index contributed by atoms with van der Waals surface area (Å²) in [6.07, 6.45) is 0.876. The molecule has 0 radical (unpaired) electrons. The van der Waals surface area contributed by atoms with Gasteiger partial charge >= 0.3 is 0 Å². The third-order valence-electron chi connectivity index (χ3n) is 0.925. The smallest absolute Gasteiger partial charge is 0.119 e. The molecule has 1 heterocycles. The van der Waals surface area contributed by atoms with E-state index in [0.717, 1.165) is 18.0 Å². The number of ether oxygens (including phenoxy) is 1. The van der Waals surface area contributed by atoms with Crippen LogP contribution in [0.5, 0.6) is 0 Å². The zero-order valence-corrected chi connectivity index (χ0v) is 6.02. The van der Waals surface area contributed by atoms with E-state index in [1.54, 1.807) is 24.0 Å². The summed E-state index contributed by atoms with van der Waals surface area (Å²) >= 11 is 1.56. The Kier molecular flexibility index (Phi) is 2.60. The number of hydrogen-bond acceptors (Lipinski definition) is 4. The highest BCUT2D eigenvalue weighted by atomic mass is 32.1. The Morgan fingerprint density at radius 3 is 3.22 bits per heavy atom. The lowest BCUT2D eigenvalue weighted by Gasteiger charge is -1.90. The lowest BCUT2D eigenvalue weighted by atomic mass is 10.5. The summed E-state index contributed by atoms with van der Waals surface area (Å²) in [4.78, 5) is 0. The minimum absolute atomic E-state index is 0.731. The van der Waals surface area contributed by atoms with Crippen LogP contribution in [0.2, 0.25) is 0 Å². The molecule has 0 aromatic carbocycles. The van der Waals surface area contributed by atoms with Gasteiger partial charge in [-0.1, -0.05) is 0 Å². The van der Waals surface area contributed by atoms with Crippen molar-refractivity contribution in [1.29, 1.82) is 0 Å². The van der Waals surface area contributed by atoms with Crippen molar-refractivity contribution in [3.8, 4) is 0 Å². The molecule has 0 amide bonds. The summed E-state index contributed by atoms with van der Waals surface area (Å²) in [5.74, 6) is 0. The van der Waals surface area contributed by atoms with Crippen LogP contribution in [0.25, 0.3) is 0 Å². The number of hydrogen-bond donors (Lipinski definition) is 0. The maximum atomic E-state index is 4.85. The molecule has 3 nitrogen and oxygen atoms in total. The Labute approximate surface area is 57.7 Å². The molecule has 0 N–H and O–H groups in total. The maximum Gasteiger partial charge on any atom is 0.119 e. The van der Waals surface area contributed by atoms with Crippen LogP contribution in [0.3, 0.4) is 0 Å². The lowest BCUT2D eigenvalue weighted by molar-refractivity contribution is 0.202. The second kappa shape index (κ2) is 3.53. The van der Waals surface area contributed by atoms with Crippen LogP contribution >= 0.6 is 11.3 Å². The maximum absolute atomic E-state index is 4.85. The average molecular weight is 144 g/mol. The van der Waals surface area contributed by atoms with E-state index in [4.69, 9.17) is 4.74 Å². The van der Waals surface area contributed by atoms with Crippen molar-refractivity contribution in [2.75, 3.05) is 13.7 Å². The largest absolute Gasteiger partial charge is 0.384 e. The molecule has 4 heteroatoms. The Morgan fingerprint density at radius 2 is 2.67 bits per heavy atom. The summed E-state index contributed by atoms with van der Waals surface area (Å²) < 4.78 is 4.85. The van der Waals surface area contributed by atoms with Gasteiger partial charge in [0.2, 0.25) is 0 Å². The van der Waals surface area contributed by atoms with Gasteiger partial charge in [0.05, 0.1) is 6.61 Å². The summed E-state index contributed by atoms with van der Waals surface area (Å²) in [6.45, 7) is 0.731. The molecule has 50 valence electrons. The fraction of sp³-hybridized carbons (Fsp3) is 0.600. The average Bonchev–Trinajstić information content (AvgIpc) is 2.34. The molecule has 9 heavy (non-hydrogen) atoms. The van der Waals surface area contributed by atoms with Gasteiger partial charge in [-0.15, -0.1) is 21.5 Å². The van der Waals surface area contributed by atoms with Crippen LogP contribution in [-0.4, -0.2) is 23.9 Å². The minimum Gasteiger partial charge on any atom is -0.384 e. The van der Waals surface area contributed by atoms with Crippen LogP contribution in [-0.2, 0) is 11.2 Å². The zero-order valence-electron chi connectivity index (χ0n) is 5.20. The molecule has 0 aliphatic rings. The van der Waals surface area contributed by atoms with Crippen molar-refractivity contribution in [1.82, 2.24) is 10.2 Å². The molecular formula is C5H8N2OS. The molecule has 0 bridgehead atoms. The van der Waals surface area contributed by atoms with E-state index < -0.39 is 0 Å². The fourth-order valence-corrected chi connectivity index (χ4v) is 1.01. The van der Waals surface area contributed by atoms with Crippen molar-refractivity contribution >= 4 is 11.3 Å². The summed E-state index contributed by atoms with van der Waals surface area (Å²) in [5, 5.41) is 8.57. The second-order valence-electron chi connectivity index (χ2n) is 1.58. The van der Waals surface area contributed by atoms with Gasteiger partial charge in [-0.05, 0) is 0 Å². The van der Waals surface area contributed by atoms with Crippen molar-refractivity contribution < 1.29 is 4.74 Å². The zero-order chi connectivity index (χ0) is 6.53. The van der Waals surface area contributed by atoms with Gasteiger partial charge < -0.3 is 4.74 Å². The van der Waals surface area contributed by atoms with Gasteiger partial charge in [-0.2, -0.15) is 0 Å². The standard InChI is InChI=1S/C5H8N2OS/c1-8-3-2-5-7-6-4-9-5/h4H,2-3H2,1H3. The first-order valence-electron chi connectivity index (χ1n) is 2.67. The van der Waals surface area contributed by atoms with Gasteiger partial charge in [-0.3, -0.25) is 0 Å². The monoisotopic (exact) mass is 144 g/mol. The molecule has 1 rings (SSSR count). The van der Waals surface area contributed by atoms with Gasteiger partial charge in [0, 0.05) is 13.5 Å². The van der Waals surface area contributed by atoms with Crippen molar-refractivity contribution in [2.24, 2.45) is 0 Å².